The van der Waals surface area contributed by atoms with Gasteiger partial charge in [-0.1, -0.05) is 103 Å². The molecular formula is C44H60O6. The Morgan fingerprint density at radius 3 is 1.00 bits per heavy atom. The Balaban J connectivity index is 1.96. The maximum Gasteiger partial charge on any atom is 0.139 e. The van der Waals surface area contributed by atoms with E-state index in [2.05, 4.69) is 64.1 Å². The van der Waals surface area contributed by atoms with Crippen LogP contribution in [0, 0.1) is 20.9 Å². The highest BCUT2D eigenvalue weighted by Gasteiger charge is 2.29. The van der Waals surface area contributed by atoms with Gasteiger partial charge in [0.05, 0.1) is 50.4 Å². The quantitative estimate of drug-likeness (QED) is 0.0603. The fraction of sp³-hybridized carbons (Fsp3) is 0.545. The first-order valence-electron chi connectivity index (χ1n) is 19.7. The minimum atomic E-state index is 0.554. The first-order valence-corrected chi connectivity index (χ1v) is 19.7. The predicted octanol–water partition coefficient (Wildman–Crippen LogP) is 12.0. The molecule has 0 radical (unpaired) electrons. The van der Waals surface area contributed by atoms with Crippen LogP contribution in [0.15, 0.2) is 36.4 Å². The third kappa shape index (κ3) is 7.90. The summed E-state index contributed by atoms with van der Waals surface area (Å²) in [6.07, 6.45) is 12.9. The van der Waals surface area contributed by atoms with Crippen LogP contribution in [-0.2, 0) is 0 Å². The summed E-state index contributed by atoms with van der Waals surface area (Å²) in [5.74, 6) is 5.04. The number of benzene rings is 4. The Kier molecular flexibility index (Phi) is 14.2. The minimum absolute atomic E-state index is 0.554. The standard InChI is InChI=1S/C44H60O6/c1-7-13-17-27-47-41-31-23-21-25-33(45-11-5)35(31)43(49-29-19-15-9-3)39-37(41)38-40(39)44(50-30-20-16-10-4)36-32(24-22-26-34(36)46-12-6)42(38)48-28-18-14-8-2/h21-26H,7-20,27-30H2,1-6H3. The highest BCUT2D eigenvalue weighted by Crippen LogP contribution is 2.50. The van der Waals surface area contributed by atoms with Crippen LogP contribution >= 0.6 is 0 Å². The largest absolute Gasteiger partial charge is 0.493 e. The molecule has 0 saturated heterocycles. The van der Waals surface area contributed by atoms with E-state index < -0.39 is 0 Å². The van der Waals surface area contributed by atoms with Gasteiger partial charge in [0.25, 0.3) is 0 Å². The zero-order valence-electron chi connectivity index (χ0n) is 31.6. The van der Waals surface area contributed by atoms with Gasteiger partial charge < -0.3 is 28.4 Å². The zero-order chi connectivity index (χ0) is 35.3. The van der Waals surface area contributed by atoms with Crippen molar-refractivity contribution in [2.24, 2.45) is 0 Å². The Labute approximate surface area is 299 Å². The summed E-state index contributed by atoms with van der Waals surface area (Å²) in [6, 6.07) is 12.5. The van der Waals surface area contributed by atoms with Crippen LogP contribution in [-0.4, -0.2) is 39.6 Å². The van der Waals surface area contributed by atoms with Gasteiger partial charge >= 0.3 is 0 Å². The molecule has 0 unspecified atom stereocenters. The maximum atomic E-state index is 6.90. The summed E-state index contributed by atoms with van der Waals surface area (Å²) in [4.78, 5) is 0. The summed E-state index contributed by atoms with van der Waals surface area (Å²) in [6.45, 7) is 16.6. The predicted molar refractivity (Wildman–Crippen MR) is 206 cm³/mol. The second kappa shape index (κ2) is 19.0. The molecule has 4 aromatic rings. The molecule has 5 rings (SSSR count). The first-order chi connectivity index (χ1) is 24.7. The summed E-state index contributed by atoms with van der Waals surface area (Å²) < 4.78 is 40.2. The molecule has 0 N–H and O–H groups in total. The fourth-order valence-corrected chi connectivity index (χ4v) is 7.02. The van der Waals surface area contributed by atoms with Crippen LogP contribution in [0.25, 0.3) is 21.5 Å². The van der Waals surface area contributed by atoms with Gasteiger partial charge in [-0.05, 0) is 51.7 Å². The molecule has 6 heteroatoms. The van der Waals surface area contributed by atoms with Crippen LogP contribution in [0.2, 0.25) is 0 Å². The lowest BCUT2D eigenvalue weighted by molar-refractivity contribution is 0.289. The van der Waals surface area contributed by atoms with Gasteiger partial charge in [-0.15, -0.1) is 0 Å². The van der Waals surface area contributed by atoms with Crippen LogP contribution in [0.4, 0.5) is 0 Å². The second-order valence-corrected chi connectivity index (χ2v) is 13.3. The van der Waals surface area contributed by atoms with Gasteiger partial charge in [-0.2, -0.15) is 0 Å². The Bertz CT molecular complexity index is 1760. The van der Waals surface area contributed by atoms with Crippen molar-refractivity contribution in [3.63, 3.8) is 0 Å². The molecule has 0 fully saturated rings. The van der Waals surface area contributed by atoms with E-state index >= 15 is 0 Å². The van der Waals surface area contributed by atoms with Crippen molar-refractivity contribution in [1.29, 1.82) is 0 Å². The molecule has 0 aromatic heterocycles. The zero-order valence-corrected chi connectivity index (χ0v) is 31.6. The van der Waals surface area contributed by atoms with Crippen molar-refractivity contribution in [2.45, 2.75) is 119 Å². The highest BCUT2D eigenvalue weighted by atomic mass is 16.5. The van der Waals surface area contributed by atoms with Crippen molar-refractivity contribution in [3.05, 3.63) is 57.3 Å². The Morgan fingerprint density at radius 1 is 0.360 bits per heavy atom. The smallest absolute Gasteiger partial charge is 0.139 e. The number of fused-ring (bicyclic) bond motifs is 4. The topological polar surface area (TPSA) is 55.4 Å². The third-order valence-corrected chi connectivity index (χ3v) is 9.48. The Hall–Kier alpha value is -3.80. The SMILES string of the molecule is CCCCCOc1c2c(c(OCCCCC)c3c(OCC)cccc13)=c1c(OCCCCC)c3c(OCC)cccc3c(OCCCCC)c1=2. The van der Waals surface area contributed by atoms with Crippen molar-refractivity contribution in [3.8, 4) is 34.5 Å². The van der Waals surface area contributed by atoms with Gasteiger partial charge in [-0.25, -0.2) is 0 Å². The summed E-state index contributed by atoms with van der Waals surface area (Å²) in [7, 11) is 0. The van der Waals surface area contributed by atoms with E-state index in [0.717, 1.165) is 154 Å². The summed E-state index contributed by atoms with van der Waals surface area (Å²) >= 11 is 0. The second-order valence-electron chi connectivity index (χ2n) is 13.3. The molecule has 0 heterocycles. The molecule has 1 aliphatic rings. The van der Waals surface area contributed by atoms with E-state index in [1.54, 1.807) is 0 Å². The number of unbranched alkanes of at least 4 members (excludes halogenated alkanes) is 8. The Morgan fingerprint density at radius 2 is 0.680 bits per heavy atom. The van der Waals surface area contributed by atoms with Gasteiger partial charge in [0, 0.05) is 31.6 Å². The highest BCUT2D eigenvalue weighted by molar-refractivity contribution is 6.02. The van der Waals surface area contributed by atoms with E-state index in [0.29, 0.717) is 39.6 Å². The maximum absolute atomic E-state index is 6.90. The molecule has 50 heavy (non-hydrogen) atoms. The van der Waals surface area contributed by atoms with E-state index in [-0.39, 0.29) is 0 Å². The van der Waals surface area contributed by atoms with E-state index in [1.807, 2.05) is 13.8 Å². The van der Waals surface area contributed by atoms with Crippen LogP contribution < -0.4 is 28.4 Å². The lowest BCUT2D eigenvalue weighted by atomic mass is 9.90. The normalized spacial score (nSPS) is 11.6. The number of hydrogen-bond acceptors (Lipinski definition) is 6. The monoisotopic (exact) mass is 684 g/mol. The number of hydrogen-bond donors (Lipinski definition) is 0. The molecule has 6 nitrogen and oxygen atoms in total. The minimum Gasteiger partial charge on any atom is -0.493 e. The molecule has 0 aliphatic heterocycles. The van der Waals surface area contributed by atoms with Gasteiger partial charge in [0.15, 0.2) is 0 Å². The van der Waals surface area contributed by atoms with E-state index in [4.69, 9.17) is 28.4 Å². The molecule has 0 saturated carbocycles. The molecule has 0 bridgehead atoms. The van der Waals surface area contributed by atoms with Gasteiger partial charge in [0.1, 0.15) is 34.5 Å². The van der Waals surface area contributed by atoms with Crippen molar-refractivity contribution < 1.29 is 28.4 Å². The summed E-state index contributed by atoms with van der Waals surface area (Å²) in [5, 5.41) is 8.09. The van der Waals surface area contributed by atoms with Crippen LogP contribution in [0.1, 0.15) is 119 Å². The average Bonchev–Trinajstić information content (AvgIpc) is 3.12. The lowest BCUT2D eigenvalue weighted by Crippen LogP contribution is -2.11. The number of ether oxygens (including phenoxy) is 6. The fourth-order valence-electron chi connectivity index (χ4n) is 7.02. The van der Waals surface area contributed by atoms with Gasteiger partial charge in [0.2, 0.25) is 0 Å². The third-order valence-electron chi connectivity index (χ3n) is 9.48. The van der Waals surface area contributed by atoms with Crippen molar-refractivity contribution >= 4 is 21.5 Å². The molecule has 272 valence electrons. The van der Waals surface area contributed by atoms with Crippen LogP contribution in [0.5, 0.6) is 34.5 Å². The van der Waals surface area contributed by atoms with E-state index in [9.17, 15) is 0 Å². The van der Waals surface area contributed by atoms with E-state index in [1.165, 1.54) is 0 Å². The summed E-state index contributed by atoms with van der Waals surface area (Å²) in [5.41, 5.74) is 0. The van der Waals surface area contributed by atoms with Gasteiger partial charge in [-0.3, -0.25) is 0 Å². The van der Waals surface area contributed by atoms with Crippen LogP contribution in [0.3, 0.4) is 0 Å². The number of rotatable bonds is 24. The molecule has 0 atom stereocenters. The van der Waals surface area contributed by atoms with Crippen molar-refractivity contribution in [1.82, 2.24) is 0 Å². The molecule has 4 aromatic carbocycles. The molecular weight excluding hydrogens is 624 g/mol. The molecule has 1 aliphatic carbocycles. The molecule has 0 amide bonds. The van der Waals surface area contributed by atoms with Crippen molar-refractivity contribution in [2.75, 3.05) is 39.6 Å². The first kappa shape index (κ1) is 37.5. The lowest BCUT2D eigenvalue weighted by Gasteiger charge is -2.25. The molecule has 0 spiro atoms. The average molecular weight is 685 g/mol.